The zero-order valence-corrected chi connectivity index (χ0v) is 19.2. The van der Waals surface area contributed by atoms with E-state index < -0.39 is 23.9 Å². The monoisotopic (exact) mass is 471 g/mol. The highest BCUT2D eigenvalue weighted by molar-refractivity contribution is 6.01. The van der Waals surface area contributed by atoms with Crippen LogP contribution < -0.4 is 16.0 Å². The first kappa shape index (κ1) is 23.1. The number of Topliss-reactive ketones (excluding diaryl/α,β-unsaturated/α-hetero) is 1. The summed E-state index contributed by atoms with van der Waals surface area (Å²) in [5, 5.41) is 0. The standard InChI is InChI=1S/C23H23F2N5O4/c1-12-10-17(13(2)30(12)15-6-8-16(9-7-15)34-22(24)25)19(31)14(3)29-11-26-20-18(29)21(32)28(5)23(33)27(20)4/h6-11,14,22H,1-5H3. The van der Waals surface area contributed by atoms with E-state index in [0.717, 1.165) is 10.3 Å². The summed E-state index contributed by atoms with van der Waals surface area (Å²) in [6.07, 6.45) is 1.38. The lowest BCUT2D eigenvalue weighted by atomic mass is 10.1. The molecule has 4 rings (SSSR count). The molecule has 0 radical (unpaired) electrons. The number of rotatable bonds is 6. The third kappa shape index (κ3) is 3.62. The molecule has 11 heteroatoms. The number of hydrogen-bond acceptors (Lipinski definition) is 5. The number of carbonyl (C=O) groups excluding carboxylic acids is 1. The Labute approximate surface area is 192 Å². The number of imidazole rings is 1. The van der Waals surface area contributed by atoms with E-state index in [4.69, 9.17) is 0 Å². The summed E-state index contributed by atoms with van der Waals surface area (Å²) in [6, 6.07) is 7.09. The van der Waals surface area contributed by atoms with Crippen LogP contribution >= 0.6 is 0 Å². The van der Waals surface area contributed by atoms with Crippen molar-refractivity contribution in [3.63, 3.8) is 0 Å². The number of halogens is 2. The van der Waals surface area contributed by atoms with Crippen LogP contribution in [-0.4, -0.2) is 35.6 Å². The van der Waals surface area contributed by atoms with E-state index in [-0.39, 0.29) is 22.7 Å². The quantitative estimate of drug-likeness (QED) is 0.403. The Balaban J connectivity index is 1.74. The molecule has 34 heavy (non-hydrogen) atoms. The fourth-order valence-electron chi connectivity index (χ4n) is 4.20. The molecule has 0 spiro atoms. The van der Waals surface area contributed by atoms with E-state index in [9.17, 15) is 23.2 Å². The molecule has 4 aromatic rings. The summed E-state index contributed by atoms with van der Waals surface area (Å²) in [5.41, 5.74) is 1.87. The third-order valence-electron chi connectivity index (χ3n) is 5.99. The third-order valence-corrected chi connectivity index (χ3v) is 5.99. The van der Waals surface area contributed by atoms with Gasteiger partial charge in [-0.05, 0) is 51.1 Å². The Morgan fingerprint density at radius 1 is 1.06 bits per heavy atom. The highest BCUT2D eigenvalue weighted by Gasteiger charge is 2.26. The van der Waals surface area contributed by atoms with Gasteiger partial charge in [-0.3, -0.25) is 18.7 Å². The molecule has 178 valence electrons. The van der Waals surface area contributed by atoms with Gasteiger partial charge in [0.2, 0.25) is 0 Å². The first-order valence-corrected chi connectivity index (χ1v) is 10.4. The van der Waals surface area contributed by atoms with Crippen LogP contribution in [-0.2, 0) is 14.1 Å². The van der Waals surface area contributed by atoms with E-state index in [1.807, 2.05) is 11.5 Å². The number of ketones is 1. The van der Waals surface area contributed by atoms with Crippen molar-refractivity contribution in [2.45, 2.75) is 33.4 Å². The molecular weight excluding hydrogens is 448 g/mol. The van der Waals surface area contributed by atoms with Crippen LogP contribution in [0.2, 0.25) is 0 Å². The van der Waals surface area contributed by atoms with Crippen molar-refractivity contribution in [1.82, 2.24) is 23.3 Å². The summed E-state index contributed by atoms with van der Waals surface area (Å²) in [7, 11) is 2.89. The zero-order chi connectivity index (χ0) is 24.9. The molecule has 0 aliphatic heterocycles. The van der Waals surface area contributed by atoms with E-state index in [1.54, 1.807) is 32.0 Å². The van der Waals surface area contributed by atoms with Gasteiger partial charge in [0.1, 0.15) is 5.75 Å². The Morgan fingerprint density at radius 3 is 2.32 bits per heavy atom. The normalized spacial score (nSPS) is 12.5. The van der Waals surface area contributed by atoms with Crippen LogP contribution in [0.15, 0.2) is 46.2 Å². The Hall–Kier alpha value is -4.02. The maximum absolute atomic E-state index is 13.5. The second-order valence-corrected chi connectivity index (χ2v) is 8.06. The Bertz CT molecular complexity index is 1530. The van der Waals surface area contributed by atoms with Crippen molar-refractivity contribution in [1.29, 1.82) is 0 Å². The molecule has 0 amide bonds. The highest BCUT2D eigenvalue weighted by Crippen LogP contribution is 2.27. The van der Waals surface area contributed by atoms with Gasteiger partial charge in [0, 0.05) is 36.7 Å². The molecule has 3 heterocycles. The summed E-state index contributed by atoms with van der Waals surface area (Å²) < 4.78 is 34.8. The fourth-order valence-corrected chi connectivity index (χ4v) is 4.20. The molecule has 0 aliphatic rings. The number of hydrogen-bond donors (Lipinski definition) is 0. The first-order chi connectivity index (χ1) is 16.0. The lowest BCUT2D eigenvalue weighted by Crippen LogP contribution is -2.38. The van der Waals surface area contributed by atoms with Crippen LogP contribution in [0.25, 0.3) is 16.9 Å². The average Bonchev–Trinajstić information content (AvgIpc) is 3.37. The van der Waals surface area contributed by atoms with Crippen LogP contribution in [0.5, 0.6) is 5.75 Å². The lowest BCUT2D eigenvalue weighted by Gasteiger charge is -2.15. The van der Waals surface area contributed by atoms with Gasteiger partial charge in [-0.1, -0.05) is 0 Å². The maximum atomic E-state index is 13.5. The van der Waals surface area contributed by atoms with Crippen LogP contribution in [0, 0.1) is 13.8 Å². The van der Waals surface area contributed by atoms with Crippen molar-refractivity contribution in [2.24, 2.45) is 14.1 Å². The molecule has 0 saturated carbocycles. The van der Waals surface area contributed by atoms with Gasteiger partial charge in [-0.25, -0.2) is 9.78 Å². The van der Waals surface area contributed by atoms with E-state index >= 15 is 0 Å². The van der Waals surface area contributed by atoms with Gasteiger partial charge in [0.15, 0.2) is 16.9 Å². The Morgan fingerprint density at radius 2 is 1.71 bits per heavy atom. The number of fused-ring (bicyclic) bond motifs is 1. The van der Waals surface area contributed by atoms with Crippen LogP contribution in [0.1, 0.15) is 34.7 Å². The van der Waals surface area contributed by atoms with Gasteiger partial charge in [-0.2, -0.15) is 8.78 Å². The summed E-state index contributed by atoms with van der Waals surface area (Å²) >= 11 is 0. The molecule has 3 aromatic heterocycles. The summed E-state index contributed by atoms with van der Waals surface area (Å²) in [6.45, 7) is 2.36. The molecule has 1 unspecified atom stereocenters. The second-order valence-electron chi connectivity index (χ2n) is 8.06. The number of aromatic nitrogens is 5. The molecule has 0 fully saturated rings. The minimum atomic E-state index is -2.91. The van der Waals surface area contributed by atoms with Gasteiger partial charge >= 0.3 is 12.3 Å². The number of nitrogens with zero attached hydrogens (tertiary/aromatic N) is 5. The largest absolute Gasteiger partial charge is 0.435 e. The molecule has 9 nitrogen and oxygen atoms in total. The fraction of sp³-hybridized carbons (Fsp3) is 0.304. The van der Waals surface area contributed by atoms with Gasteiger partial charge in [-0.15, -0.1) is 0 Å². The predicted octanol–water partition coefficient (Wildman–Crippen LogP) is 2.89. The van der Waals surface area contributed by atoms with Gasteiger partial charge < -0.3 is 13.9 Å². The van der Waals surface area contributed by atoms with Crippen LogP contribution in [0.3, 0.4) is 0 Å². The van der Waals surface area contributed by atoms with Crippen molar-refractivity contribution in [3.05, 3.63) is 74.4 Å². The minimum absolute atomic E-state index is 0.0362. The van der Waals surface area contributed by atoms with Gasteiger partial charge in [0.25, 0.3) is 5.56 Å². The van der Waals surface area contributed by atoms with E-state index in [2.05, 4.69) is 9.72 Å². The Kier molecular flexibility index (Phi) is 5.72. The molecule has 1 atom stereocenters. The number of carbonyl (C=O) groups is 1. The van der Waals surface area contributed by atoms with Crippen molar-refractivity contribution in [2.75, 3.05) is 0 Å². The smallest absolute Gasteiger partial charge is 0.387 e. The molecule has 0 bridgehead atoms. The number of alkyl halides is 2. The van der Waals surface area contributed by atoms with Gasteiger partial charge in [0.05, 0.1) is 12.4 Å². The predicted molar refractivity (Wildman–Crippen MR) is 121 cm³/mol. The number of aryl methyl sites for hydroxylation is 2. The first-order valence-electron chi connectivity index (χ1n) is 10.4. The van der Waals surface area contributed by atoms with E-state index in [1.165, 1.54) is 41.7 Å². The topological polar surface area (TPSA) is 93.1 Å². The molecule has 0 N–H and O–H groups in total. The van der Waals surface area contributed by atoms with Crippen molar-refractivity contribution in [3.8, 4) is 11.4 Å². The lowest BCUT2D eigenvalue weighted by molar-refractivity contribution is -0.0498. The average molecular weight is 471 g/mol. The zero-order valence-electron chi connectivity index (χ0n) is 19.2. The molecule has 1 aromatic carbocycles. The summed E-state index contributed by atoms with van der Waals surface area (Å²) in [5.74, 6) is -0.207. The van der Waals surface area contributed by atoms with Crippen LogP contribution in [0.4, 0.5) is 8.78 Å². The van der Waals surface area contributed by atoms with Crippen molar-refractivity contribution >= 4 is 16.9 Å². The minimum Gasteiger partial charge on any atom is -0.435 e. The summed E-state index contributed by atoms with van der Waals surface area (Å²) in [4.78, 5) is 42.6. The maximum Gasteiger partial charge on any atom is 0.387 e. The molecular formula is C23H23F2N5O4. The highest BCUT2D eigenvalue weighted by atomic mass is 19.3. The van der Waals surface area contributed by atoms with Crippen molar-refractivity contribution < 1.29 is 18.3 Å². The second kappa shape index (κ2) is 8.40. The molecule has 0 aliphatic carbocycles. The number of benzene rings is 1. The molecule has 0 saturated heterocycles. The van der Waals surface area contributed by atoms with E-state index in [0.29, 0.717) is 16.9 Å². The SMILES string of the molecule is Cc1cc(C(=O)C(C)n2cnc3c2c(=O)n(C)c(=O)n3C)c(C)n1-c1ccc(OC(F)F)cc1. The number of ether oxygens (including phenoxy) is 1.